The minimum Gasteiger partial charge on any atom is -0.361 e. The van der Waals surface area contributed by atoms with Gasteiger partial charge in [0, 0.05) is 22.6 Å². The Labute approximate surface area is 95.8 Å². The van der Waals surface area contributed by atoms with Crippen molar-refractivity contribution in [3.8, 4) is 0 Å². The summed E-state index contributed by atoms with van der Waals surface area (Å²) in [4.78, 5) is 3.28. The number of hydrogen-bond donors (Lipinski definition) is 2. The van der Waals surface area contributed by atoms with E-state index in [0.29, 0.717) is 0 Å². The number of aromatic nitrogens is 1. The standard InChI is InChI=1S/C14H18N2/c1-10-9-16-13-3-2-11(8-12(10)13)4-5-14(15)6-7-14/h2-3,8-9,16H,4-7,15H2,1H3. The number of rotatable bonds is 3. The van der Waals surface area contributed by atoms with Crippen LogP contribution in [0.5, 0.6) is 0 Å². The Morgan fingerprint density at radius 1 is 1.38 bits per heavy atom. The average Bonchev–Trinajstić information content (AvgIpc) is 2.92. The molecule has 0 spiro atoms. The highest BCUT2D eigenvalue weighted by Crippen LogP contribution is 2.36. The second-order valence-corrected chi connectivity index (χ2v) is 5.21. The van der Waals surface area contributed by atoms with E-state index in [2.05, 4.69) is 36.3 Å². The van der Waals surface area contributed by atoms with E-state index in [1.165, 1.54) is 34.9 Å². The molecule has 2 nitrogen and oxygen atoms in total. The maximum atomic E-state index is 6.11. The lowest BCUT2D eigenvalue weighted by Crippen LogP contribution is -2.22. The van der Waals surface area contributed by atoms with Gasteiger partial charge in [0.25, 0.3) is 0 Å². The van der Waals surface area contributed by atoms with Crippen LogP contribution in [-0.2, 0) is 6.42 Å². The lowest BCUT2D eigenvalue weighted by molar-refractivity contribution is 0.609. The molecular weight excluding hydrogens is 196 g/mol. The quantitative estimate of drug-likeness (QED) is 0.810. The Morgan fingerprint density at radius 3 is 2.94 bits per heavy atom. The van der Waals surface area contributed by atoms with Crippen LogP contribution >= 0.6 is 0 Å². The number of fused-ring (bicyclic) bond motifs is 1. The van der Waals surface area contributed by atoms with E-state index in [0.717, 1.165) is 12.8 Å². The zero-order chi connectivity index (χ0) is 11.2. The van der Waals surface area contributed by atoms with Gasteiger partial charge in [-0.25, -0.2) is 0 Å². The Kier molecular flexibility index (Phi) is 2.08. The van der Waals surface area contributed by atoms with Gasteiger partial charge in [0.2, 0.25) is 0 Å². The van der Waals surface area contributed by atoms with Crippen molar-refractivity contribution in [3.05, 3.63) is 35.5 Å². The van der Waals surface area contributed by atoms with Gasteiger partial charge in [-0.05, 0) is 55.9 Å². The van der Waals surface area contributed by atoms with Gasteiger partial charge in [-0.1, -0.05) is 6.07 Å². The Balaban J connectivity index is 1.83. The molecule has 0 radical (unpaired) electrons. The van der Waals surface area contributed by atoms with Gasteiger partial charge in [-0.3, -0.25) is 0 Å². The van der Waals surface area contributed by atoms with Crippen molar-refractivity contribution in [1.82, 2.24) is 4.98 Å². The van der Waals surface area contributed by atoms with Gasteiger partial charge < -0.3 is 10.7 Å². The van der Waals surface area contributed by atoms with E-state index < -0.39 is 0 Å². The van der Waals surface area contributed by atoms with Crippen LogP contribution in [0.4, 0.5) is 0 Å². The number of nitrogens with one attached hydrogen (secondary N) is 1. The highest BCUT2D eigenvalue weighted by atomic mass is 14.8. The molecule has 0 amide bonds. The van der Waals surface area contributed by atoms with Crippen LogP contribution in [0.25, 0.3) is 10.9 Å². The normalized spacial score (nSPS) is 17.9. The molecule has 2 heteroatoms. The van der Waals surface area contributed by atoms with Crippen molar-refractivity contribution in [2.24, 2.45) is 5.73 Å². The number of hydrogen-bond acceptors (Lipinski definition) is 1. The lowest BCUT2D eigenvalue weighted by atomic mass is 10.0. The maximum absolute atomic E-state index is 6.11. The fourth-order valence-corrected chi connectivity index (χ4v) is 2.27. The molecule has 1 heterocycles. The molecule has 1 aliphatic carbocycles. The predicted molar refractivity (Wildman–Crippen MR) is 67.5 cm³/mol. The van der Waals surface area contributed by atoms with Crippen molar-refractivity contribution in [2.45, 2.75) is 38.1 Å². The molecule has 0 aliphatic heterocycles. The minimum atomic E-state index is 0.169. The molecule has 1 saturated carbocycles. The smallest absolute Gasteiger partial charge is 0.0456 e. The lowest BCUT2D eigenvalue weighted by Gasteiger charge is -2.08. The Hall–Kier alpha value is -1.28. The van der Waals surface area contributed by atoms with Crippen LogP contribution in [0.2, 0.25) is 0 Å². The summed E-state index contributed by atoms with van der Waals surface area (Å²) in [6, 6.07) is 6.69. The van der Waals surface area contributed by atoms with Crippen LogP contribution in [0, 0.1) is 6.92 Å². The van der Waals surface area contributed by atoms with Crippen molar-refractivity contribution in [3.63, 3.8) is 0 Å². The van der Waals surface area contributed by atoms with E-state index in [9.17, 15) is 0 Å². The first kappa shape index (κ1) is 9.91. The number of aromatic amines is 1. The Morgan fingerprint density at radius 2 is 2.19 bits per heavy atom. The van der Waals surface area contributed by atoms with Crippen LogP contribution in [0.15, 0.2) is 24.4 Å². The highest BCUT2D eigenvalue weighted by Gasteiger charge is 2.37. The molecule has 1 fully saturated rings. The van der Waals surface area contributed by atoms with E-state index in [4.69, 9.17) is 5.73 Å². The topological polar surface area (TPSA) is 41.8 Å². The largest absolute Gasteiger partial charge is 0.361 e. The molecule has 2 aromatic rings. The zero-order valence-electron chi connectivity index (χ0n) is 9.72. The zero-order valence-corrected chi connectivity index (χ0v) is 9.72. The third kappa shape index (κ3) is 1.74. The summed E-state index contributed by atoms with van der Waals surface area (Å²) < 4.78 is 0. The van der Waals surface area contributed by atoms with Gasteiger partial charge in [-0.2, -0.15) is 0 Å². The number of aryl methyl sites for hydroxylation is 2. The van der Waals surface area contributed by atoms with Gasteiger partial charge in [0.05, 0.1) is 0 Å². The predicted octanol–water partition coefficient (Wildman–Crippen LogP) is 2.90. The summed E-state index contributed by atoms with van der Waals surface area (Å²) >= 11 is 0. The average molecular weight is 214 g/mol. The highest BCUT2D eigenvalue weighted by molar-refractivity contribution is 5.83. The Bertz CT molecular complexity index is 521. The minimum absolute atomic E-state index is 0.169. The molecule has 0 saturated heterocycles. The first-order valence-electron chi connectivity index (χ1n) is 6.02. The first-order chi connectivity index (χ1) is 7.66. The van der Waals surface area contributed by atoms with E-state index in [1.54, 1.807) is 0 Å². The molecular formula is C14H18N2. The molecule has 0 bridgehead atoms. The van der Waals surface area contributed by atoms with Crippen molar-refractivity contribution >= 4 is 10.9 Å². The molecule has 3 rings (SSSR count). The van der Waals surface area contributed by atoms with Gasteiger partial charge in [0.15, 0.2) is 0 Å². The molecule has 1 aromatic heterocycles. The SMILES string of the molecule is Cc1c[nH]c2ccc(CCC3(N)CC3)cc12. The maximum Gasteiger partial charge on any atom is 0.0456 e. The summed E-state index contributed by atoms with van der Waals surface area (Å²) in [6.07, 6.45) is 6.72. The second kappa shape index (κ2) is 3.36. The van der Waals surface area contributed by atoms with Crippen LogP contribution in [0.3, 0.4) is 0 Å². The second-order valence-electron chi connectivity index (χ2n) is 5.21. The summed E-state index contributed by atoms with van der Waals surface area (Å²) in [5, 5.41) is 1.35. The summed E-state index contributed by atoms with van der Waals surface area (Å²) in [5.41, 5.74) is 10.2. The van der Waals surface area contributed by atoms with E-state index in [1.807, 2.05) is 0 Å². The molecule has 3 N–H and O–H groups in total. The molecule has 0 atom stereocenters. The summed E-state index contributed by atoms with van der Waals surface area (Å²) in [7, 11) is 0. The van der Waals surface area contributed by atoms with Crippen molar-refractivity contribution in [1.29, 1.82) is 0 Å². The fourth-order valence-electron chi connectivity index (χ4n) is 2.27. The van der Waals surface area contributed by atoms with Gasteiger partial charge in [-0.15, -0.1) is 0 Å². The number of nitrogens with two attached hydrogens (primary N) is 1. The number of benzene rings is 1. The molecule has 16 heavy (non-hydrogen) atoms. The first-order valence-corrected chi connectivity index (χ1v) is 6.02. The molecule has 1 aromatic carbocycles. The van der Waals surface area contributed by atoms with E-state index in [-0.39, 0.29) is 5.54 Å². The van der Waals surface area contributed by atoms with Gasteiger partial charge >= 0.3 is 0 Å². The third-order valence-corrected chi connectivity index (χ3v) is 3.76. The van der Waals surface area contributed by atoms with Crippen molar-refractivity contribution < 1.29 is 0 Å². The fraction of sp³-hybridized carbons (Fsp3) is 0.429. The molecule has 84 valence electrons. The summed E-state index contributed by atoms with van der Waals surface area (Å²) in [6.45, 7) is 2.15. The van der Waals surface area contributed by atoms with Crippen LogP contribution in [-0.4, -0.2) is 10.5 Å². The summed E-state index contributed by atoms with van der Waals surface area (Å²) in [5.74, 6) is 0. The van der Waals surface area contributed by atoms with Crippen molar-refractivity contribution in [2.75, 3.05) is 0 Å². The van der Waals surface area contributed by atoms with Crippen LogP contribution in [0.1, 0.15) is 30.4 Å². The molecule has 1 aliphatic rings. The monoisotopic (exact) mass is 214 g/mol. The van der Waals surface area contributed by atoms with Gasteiger partial charge in [0.1, 0.15) is 0 Å². The number of H-pyrrole nitrogens is 1. The van der Waals surface area contributed by atoms with E-state index >= 15 is 0 Å². The third-order valence-electron chi connectivity index (χ3n) is 3.76. The molecule has 0 unspecified atom stereocenters. The van der Waals surface area contributed by atoms with Crippen LogP contribution < -0.4 is 5.73 Å².